The van der Waals surface area contributed by atoms with Gasteiger partial charge in [-0.3, -0.25) is 9.69 Å². The van der Waals surface area contributed by atoms with Gasteiger partial charge in [-0.05, 0) is 55.9 Å². The standard InChI is InChI=1S/C18H18FN3O/c1-13(22(2)12-15-3-7-16(19)8-4-15)18(23)21-17-9-5-14(11-20)6-10-17/h3-10,13H,12H2,1-2H3,(H,21,23)/t13-/m1/s1. The van der Waals surface area contributed by atoms with E-state index in [-0.39, 0.29) is 17.8 Å². The number of likely N-dealkylation sites (N-methyl/N-ethyl adjacent to an activating group) is 1. The van der Waals surface area contributed by atoms with E-state index in [0.717, 1.165) is 5.56 Å². The first-order valence-electron chi connectivity index (χ1n) is 7.25. The third-order valence-corrected chi connectivity index (χ3v) is 3.67. The quantitative estimate of drug-likeness (QED) is 0.923. The van der Waals surface area contributed by atoms with Crippen molar-refractivity contribution in [3.8, 4) is 6.07 Å². The molecule has 0 fully saturated rings. The number of benzene rings is 2. The van der Waals surface area contributed by atoms with Gasteiger partial charge in [-0.1, -0.05) is 12.1 Å². The Morgan fingerprint density at radius 1 is 1.22 bits per heavy atom. The number of nitrogens with one attached hydrogen (secondary N) is 1. The van der Waals surface area contributed by atoms with Crippen LogP contribution in [0, 0.1) is 17.1 Å². The smallest absolute Gasteiger partial charge is 0.241 e. The van der Waals surface area contributed by atoms with Gasteiger partial charge in [0.1, 0.15) is 5.82 Å². The van der Waals surface area contributed by atoms with Crippen LogP contribution in [-0.4, -0.2) is 23.9 Å². The second kappa shape index (κ2) is 7.52. The first kappa shape index (κ1) is 16.7. The van der Waals surface area contributed by atoms with Crippen molar-refractivity contribution in [2.75, 3.05) is 12.4 Å². The van der Waals surface area contributed by atoms with Crippen LogP contribution in [0.2, 0.25) is 0 Å². The number of rotatable bonds is 5. The number of carbonyl (C=O) groups is 1. The number of hydrogen-bond acceptors (Lipinski definition) is 3. The molecule has 1 amide bonds. The molecule has 2 aromatic rings. The van der Waals surface area contributed by atoms with Crippen molar-refractivity contribution in [1.29, 1.82) is 5.26 Å². The highest BCUT2D eigenvalue weighted by Gasteiger charge is 2.18. The lowest BCUT2D eigenvalue weighted by Gasteiger charge is -2.24. The zero-order chi connectivity index (χ0) is 16.8. The van der Waals surface area contributed by atoms with Gasteiger partial charge in [-0.25, -0.2) is 4.39 Å². The lowest BCUT2D eigenvalue weighted by atomic mass is 10.1. The Hall–Kier alpha value is -2.71. The highest BCUT2D eigenvalue weighted by molar-refractivity contribution is 5.94. The SMILES string of the molecule is C[C@H](C(=O)Nc1ccc(C#N)cc1)N(C)Cc1ccc(F)cc1. The second-order valence-corrected chi connectivity index (χ2v) is 5.40. The van der Waals surface area contributed by atoms with Gasteiger partial charge in [0.15, 0.2) is 0 Å². The average Bonchev–Trinajstić information content (AvgIpc) is 2.56. The highest BCUT2D eigenvalue weighted by Crippen LogP contribution is 2.12. The maximum atomic E-state index is 12.9. The minimum atomic E-state index is -0.351. The third-order valence-electron chi connectivity index (χ3n) is 3.67. The number of hydrogen-bond donors (Lipinski definition) is 1. The summed E-state index contributed by atoms with van der Waals surface area (Å²) in [5.41, 5.74) is 2.13. The molecule has 0 spiro atoms. The fourth-order valence-electron chi connectivity index (χ4n) is 2.09. The molecule has 23 heavy (non-hydrogen) atoms. The summed E-state index contributed by atoms with van der Waals surface area (Å²) >= 11 is 0. The maximum Gasteiger partial charge on any atom is 0.241 e. The first-order chi connectivity index (χ1) is 11.0. The van der Waals surface area contributed by atoms with Crippen LogP contribution < -0.4 is 5.32 Å². The molecule has 0 heterocycles. The average molecular weight is 311 g/mol. The van der Waals surface area contributed by atoms with Crippen LogP contribution in [-0.2, 0) is 11.3 Å². The molecule has 4 nitrogen and oxygen atoms in total. The van der Waals surface area contributed by atoms with E-state index in [1.54, 1.807) is 36.4 Å². The summed E-state index contributed by atoms with van der Waals surface area (Å²) in [6.07, 6.45) is 0. The number of halogens is 1. The Morgan fingerprint density at radius 2 is 1.83 bits per heavy atom. The second-order valence-electron chi connectivity index (χ2n) is 5.40. The minimum Gasteiger partial charge on any atom is -0.325 e. The summed E-state index contributed by atoms with van der Waals surface area (Å²) in [4.78, 5) is 14.2. The summed E-state index contributed by atoms with van der Waals surface area (Å²) in [5, 5.41) is 11.6. The lowest BCUT2D eigenvalue weighted by molar-refractivity contribution is -0.120. The molecule has 1 N–H and O–H groups in total. The van der Waals surface area contributed by atoms with Gasteiger partial charge in [-0.15, -0.1) is 0 Å². The van der Waals surface area contributed by atoms with Crippen molar-refractivity contribution in [2.45, 2.75) is 19.5 Å². The zero-order valence-electron chi connectivity index (χ0n) is 13.1. The predicted octanol–water partition coefficient (Wildman–Crippen LogP) is 3.16. The summed E-state index contributed by atoms with van der Waals surface area (Å²) in [7, 11) is 1.84. The van der Waals surface area contributed by atoms with Crippen LogP contribution in [0.1, 0.15) is 18.1 Å². The van der Waals surface area contributed by atoms with Crippen LogP contribution >= 0.6 is 0 Å². The van der Waals surface area contributed by atoms with Gasteiger partial charge in [0.2, 0.25) is 5.91 Å². The Kier molecular flexibility index (Phi) is 5.45. The van der Waals surface area contributed by atoms with Crippen LogP contribution in [0.5, 0.6) is 0 Å². The topological polar surface area (TPSA) is 56.1 Å². The van der Waals surface area contributed by atoms with Gasteiger partial charge in [0.05, 0.1) is 17.7 Å². The zero-order valence-corrected chi connectivity index (χ0v) is 13.1. The van der Waals surface area contributed by atoms with Crippen molar-refractivity contribution in [3.63, 3.8) is 0 Å². The first-order valence-corrected chi connectivity index (χ1v) is 7.25. The molecular formula is C18H18FN3O. The molecule has 0 aromatic heterocycles. The third kappa shape index (κ3) is 4.63. The summed E-state index contributed by atoms with van der Waals surface area (Å²) in [5.74, 6) is -0.415. The Balaban J connectivity index is 1.95. The van der Waals surface area contributed by atoms with E-state index < -0.39 is 0 Å². The largest absolute Gasteiger partial charge is 0.325 e. The molecule has 0 aliphatic carbocycles. The number of nitriles is 1. The van der Waals surface area contributed by atoms with Crippen molar-refractivity contribution < 1.29 is 9.18 Å². The molecule has 2 aromatic carbocycles. The molecule has 0 saturated heterocycles. The lowest BCUT2D eigenvalue weighted by Crippen LogP contribution is -2.39. The van der Waals surface area contributed by atoms with Gasteiger partial charge >= 0.3 is 0 Å². The molecule has 0 aliphatic rings. The van der Waals surface area contributed by atoms with Crippen LogP contribution in [0.3, 0.4) is 0 Å². The minimum absolute atomic E-state index is 0.140. The van der Waals surface area contributed by atoms with E-state index in [1.165, 1.54) is 12.1 Å². The van der Waals surface area contributed by atoms with Crippen LogP contribution in [0.4, 0.5) is 10.1 Å². The molecule has 118 valence electrons. The molecule has 0 aliphatic heterocycles. The summed E-state index contributed by atoms with van der Waals surface area (Å²) < 4.78 is 12.9. The molecule has 1 atom stereocenters. The van der Waals surface area contributed by atoms with Crippen molar-refractivity contribution in [3.05, 3.63) is 65.5 Å². The Bertz CT molecular complexity index is 705. The molecule has 0 radical (unpaired) electrons. The number of amides is 1. The van der Waals surface area contributed by atoms with Crippen molar-refractivity contribution >= 4 is 11.6 Å². The molecule has 2 rings (SSSR count). The molecule has 5 heteroatoms. The van der Waals surface area contributed by atoms with E-state index in [2.05, 4.69) is 5.32 Å². The molecule has 0 saturated carbocycles. The van der Waals surface area contributed by atoms with E-state index in [4.69, 9.17) is 5.26 Å². The van der Waals surface area contributed by atoms with Gasteiger partial charge in [0, 0.05) is 12.2 Å². The Labute approximate surface area is 135 Å². The van der Waals surface area contributed by atoms with E-state index >= 15 is 0 Å². The van der Waals surface area contributed by atoms with Crippen molar-refractivity contribution in [1.82, 2.24) is 4.90 Å². The van der Waals surface area contributed by atoms with Gasteiger partial charge in [0.25, 0.3) is 0 Å². The molecule has 0 bridgehead atoms. The highest BCUT2D eigenvalue weighted by atomic mass is 19.1. The van der Waals surface area contributed by atoms with E-state index in [0.29, 0.717) is 17.8 Å². The fraction of sp³-hybridized carbons (Fsp3) is 0.222. The number of anilines is 1. The van der Waals surface area contributed by atoms with Crippen molar-refractivity contribution in [2.24, 2.45) is 0 Å². The maximum absolute atomic E-state index is 12.9. The monoisotopic (exact) mass is 311 g/mol. The summed E-state index contributed by atoms with van der Waals surface area (Å²) in [6, 6.07) is 14.6. The van der Waals surface area contributed by atoms with E-state index in [9.17, 15) is 9.18 Å². The number of nitrogens with zero attached hydrogens (tertiary/aromatic N) is 2. The van der Waals surface area contributed by atoms with Gasteiger partial charge in [-0.2, -0.15) is 5.26 Å². The van der Waals surface area contributed by atoms with Crippen LogP contribution in [0.15, 0.2) is 48.5 Å². The number of carbonyl (C=O) groups excluding carboxylic acids is 1. The van der Waals surface area contributed by atoms with E-state index in [1.807, 2.05) is 24.9 Å². The summed E-state index contributed by atoms with van der Waals surface area (Å²) in [6.45, 7) is 2.35. The fourth-order valence-corrected chi connectivity index (χ4v) is 2.09. The molecular weight excluding hydrogens is 293 g/mol. The Morgan fingerprint density at radius 3 is 2.39 bits per heavy atom. The van der Waals surface area contributed by atoms with Gasteiger partial charge < -0.3 is 5.32 Å². The molecule has 0 unspecified atom stereocenters. The van der Waals surface area contributed by atoms with Crippen LogP contribution in [0.25, 0.3) is 0 Å². The normalized spacial score (nSPS) is 11.8. The predicted molar refractivity (Wildman–Crippen MR) is 87.1 cm³/mol.